The summed E-state index contributed by atoms with van der Waals surface area (Å²) in [5.41, 5.74) is 0. The van der Waals surface area contributed by atoms with Crippen LogP contribution in [0.25, 0.3) is 0 Å². The van der Waals surface area contributed by atoms with Gasteiger partial charge in [0.2, 0.25) is 0 Å². The fourth-order valence-corrected chi connectivity index (χ4v) is 1.54. The minimum Gasteiger partial charge on any atom is -0.393 e. The normalized spacial score (nSPS) is 26.9. The number of aliphatic hydroxyl groups is 1. The molecular formula is C8H12F3NO2. The van der Waals surface area contributed by atoms with Crippen LogP contribution in [0.1, 0.15) is 12.8 Å². The number of nitrogens with zero attached hydrogens (tertiary/aromatic N) is 1. The van der Waals surface area contributed by atoms with Gasteiger partial charge >= 0.3 is 12.1 Å². The van der Waals surface area contributed by atoms with E-state index >= 15 is 0 Å². The zero-order valence-corrected chi connectivity index (χ0v) is 7.71. The molecule has 0 bridgehead atoms. The zero-order chi connectivity index (χ0) is 10.9. The zero-order valence-electron chi connectivity index (χ0n) is 7.71. The molecule has 1 aliphatic carbocycles. The third-order valence-corrected chi connectivity index (χ3v) is 2.33. The van der Waals surface area contributed by atoms with Crippen LogP contribution in [-0.4, -0.2) is 41.8 Å². The Bertz CT molecular complexity index is 223. The lowest BCUT2D eigenvalue weighted by atomic mass is 9.82. The maximum absolute atomic E-state index is 11.9. The first kappa shape index (κ1) is 11.3. The van der Waals surface area contributed by atoms with Gasteiger partial charge in [0.25, 0.3) is 0 Å². The monoisotopic (exact) mass is 211 g/mol. The minimum absolute atomic E-state index is 0.00120. The van der Waals surface area contributed by atoms with Crippen LogP contribution in [0, 0.1) is 5.92 Å². The van der Waals surface area contributed by atoms with Gasteiger partial charge in [0.15, 0.2) is 0 Å². The first-order valence-electron chi connectivity index (χ1n) is 4.31. The fraction of sp³-hybridized carbons (Fsp3) is 0.875. The summed E-state index contributed by atoms with van der Waals surface area (Å²) in [6, 6.07) is 0. The summed E-state index contributed by atoms with van der Waals surface area (Å²) >= 11 is 0. The molecule has 82 valence electrons. The SMILES string of the molecule is CN(CC1CC(O)C1)C(=O)C(F)(F)F. The molecule has 0 aromatic rings. The van der Waals surface area contributed by atoms with Gasteiger partial charge in [-0.15, -0.1) is 0 Å². The smallest absolute Gasteiger partial charge is 0.393 e. The Labute approximate surface area is 79.5 Å². The molecule has 0 atom stereocenters. The van der Waals surface area contributed by atoms with Crippen molar-refractivity contribution in [3.8, 4) is 0 Å². The van der Waals surface area contributed by atoms with E-state index in [4.69, 9.17) is 5.11 Å². The van der Waals surface area contributed by atoms with Crippen LogP contribution in [0.3, 0.4) is 0 Å². The molecule has 0 saturated heterocycles. The predicted molar refractivity (Wildman–Crippen MR) is 42.4 cm³/mol. The number of amides is 1. The average molecular weight is 211 g/mol. The number of rotatable bonds is 2. The fourth-order valence-electron chi connectivity index (χ4n) is 1.54. The summed E-state index contributed by atoms with van der Waals surface area (Å²) < 4.78 is 35.7. The molecule has 1 fully saturated rings. The van der Waals surface area contributed by atoms with Crippen molar-refractivity contribution in [2.24, 2.45) is 5.92 Å². The molecule has 0 aliphatic heterocycles. The lowest BCUT2D eigenvalue weighted by Gasteiger charge is -2.34. The van der Waals surface area contributed by atoms with Crippen LogP contribution in [-0.2, 0) is 4.79 Å². The maximum Gasteiger partial charge on any atom is 0.471 e. The first-order valence-corrected chi connectivity index (χ1v) is 4.31. The molecule has 3 nitrogen and oxygen atoms in total. The Morgan fingerprint density at radius 1 is 1.50 bits per heavy atom. The van der Waals surface area contributed by atoms with Gasteiger partial charge in [-0.2, -0.15) is 13.2 Å². The Kier molecular flexibility index (Phi) is 3.04. The van der Waals surface area contributed by atoms with Gasteiger partial charge in [-0.05, 0) is 18.8 Å². The third-order valence-electron chi connectivity index (χ3n) is 2.33. The summed E-state index contributed by atoms with van der Waals surface area (Å²) in [5, 5.41) is 8.90. The first-order chi connectivity index (χ1) is 6.30. The molecule has 0 aromatic carbocycles. The van der Waals surface area contributed by atoms with Gasteiger partial charge in [0, 0.05) is 13.6 Å². The highest BCUT2D eigenvalue weighted by molar-refractivity contribution is 5.81. The number of halogens is 3. The van der Waals surface area contributed by atoms with Crippen molar-refractivity contribution in [3.05, 3.63) is 0 Å². The third kappa shape index (κ3) is 2.60. The molecule has 1 aliphatic rings. The number of carbonyl (C=O) groups excluding carboxylic acids is 1. The van der Waals surface area contributed by atoms with Crippen molar-refractivity contribution < 1.29 is 23.1 Å². The predicted octanol–water partition coefficient (Wildman–Crippen LogP) is 0.778. The lowest BCUT2D eigenvalue weighted by molar-refractivity contribution is -0.185. The second-order valence-corrected chi connectivity index (χ2v) is 3.67. The number of carbonyl (C=O) groups is 1. The average Bonchev–Trinajstić information content (AvgIpc) is 1.98. The van der Waals surface area contributed by atoms with Gasteiger partial charge in [0.05, 0.1) is 6.10 Å². The Morgan fingerprint density at radius 2 is 2.00 bits per heavy atom. The van der Waals surface area contributed by atoms with Crippen LogP contribution in [0.5, 0.6) is 0 Å². The van der Waals surface area contributed by atoms with Crippen LogP contribution in [0.15, 0.2) is 0 Å². The Balaban J connectivity index is 2.35. The largest absolute Gasteiger partial charge is 0.471 e. The number of aliphatic hydroxyl groups excluding tert-OH is 1. The van der Waals surface area contributed by atoms with Gasteiger partial charge < -0.3 is 10.0 Å². The minimum atomic E-state index is -4.79. The lowest BCUT2D eigenvalue weighted by Crippen LogP contribution is -2.44. The van der Waals surface area contributed by atoms with Gasteiger partial charge in [-0.3, -0.25) is 4.79 Å². The van der Waals surface area contributed by atoms with E-state index in [1.165, 1.54) is 0 Å². The van der Waals surface area contributed by atoms with Crippen molar-refractivity contribution in [1.82, 2.24) is 4.90 Å². The maximum atomic E-state index is 11.9. The van der Waals surface area contributed by atoms with Crippen LogP contribution in [0.2, 0.25) is 0 Å². The Hall–Kier alpha value is -0.780. The van der Waals surface area contributed by atoms with E-state index in [1.807, 2.05) is 0 Å². The summed E-state index contributed by atoms with van der Waals surface area (Å²) in [5.74, 6) is -1.82. The van der Waals surface area contributed by atoms with Crippen molar-refractivity contribution in [2.75, 3.05) is 13.6 Å². The molecule has 1 saturated carbocycles. The van der Waals surface area contributed by atoms with E-state index < -0.39 is 18.2 Å². The molecule has 0 aromatic heterocycles. The highest BCUT2D eigenvalue weighted by atomic mass is 19.4. The number of alkyl halides is 3. The second-order valence-electron chi connectivity index (χ2n) is 3.67. The van der Waals surface area contributed by atoms with Gasteiger partial charge in [0.1, 0.15) is 0 Å². The summed E-state index contributed by atoms with van der Waals surface area (Å²) in [6.07, 6.45) is -4.24. The molecule has 0 spiro atoms. The van der Waals surface area contributed by atoms with E-state index in [0.29, 0.717) is 17.7 Å². The van der Waals surface area contributed by atoms with Crippen LogP contribution >= 0.6 is 0 Å². The topological polar surface area (TPSA) is 40.5 Å². The Morgan fingerprint density at radius 3 is 2.36 bits per heavy atom. The number of hydrogen-bond acceptors (Lipinski definition) is 2. The van der Waals surface area contributed by atoms with Crippen molar-refractivity contribution in [2.45, 2.75) is 25.1 Å². The molecule has 0 unspecified atom stereocenters. The van der Waals surface area contributed by atoms with Gasteiger partial charge in [-0.1, -0.05) is 0 Å². The summed E-state index contributed by atoms with van der Waals surface area (Å²) in [7, 11) is 1.13. The molecule has 0 radical (unpaired) electrons. The molecule has 6 heteroatoms. The van der Waals surface area contributed by atoms with Crippen LogP contribution < -0.4 is 0 Å². The highest BCUT2D eigenvalue weighted by Crippen LogP contribution is 2.28. The van der Waals surface area contributed by atoms with Crippen molar-refractivity contribution in [1.29, 1.82) is 0 Å². The standard InChI is InChI=1S/C8H12F3NO2/c1-12(7(14)8(9,10)11)4-5-2-6(13)3-5/h5-6,13H,2-4H2,1H3. The molecule has 0 heterocycles. The van der Waals surface area contributed by atoms with Gasteiger partial charge in [-0.25, -0.2) is 0 Å². The summed E-state index contributed by atoms with van der Waals surface area (Å²) in [4.78, 5) is 11.3. The molecule has 1 rings (SSSR count). The van der Waals surface area contributed by atoms with Crippen molar-refractivity contribution >= 4 is 5.91 Å². The van der Waals surface area contributed by atoms with E-state index in [2.05, 4.69) is 0 Å². The summed E-state index contributed by atoms with van der Waals surface area (Å²) in [6.45, 7) is 0.0649. The van der Waals surface area contributed by atoms with E-state index in [1.54, 1.807) is 0 Å². The van der Waals surface area contributed by atoms with E-state index in [-0.39, 0.29) is 12.5 Å². The second kappa shape index (κ2) is 3.76. The number of hydrogen-bond donors (Lipinski definition) is 1. The molecule has 1 amide bonds. The molecular weight excluding hydrogens is 199 g/mol. The van der Waals surface area contributed by atoms with E-state index in [0.717, 1.165) is 7.05 Å². The molecule has 14 heavy (non-hydrogen) atoms. The van der Waals surface area contributed by atoms with E-state index in [9.17, 15) is 18.0 Å². The van der Waals surface area contributed by atoms with Crippen LogP contribution in [0.4, 0.5) is 13.2 Å². The highest BCUT2D eigenvalue weighted by Gasteiger charge is 2.42. The molecule has 1 N–H and O–H groups in total. The quantitative estimate of drug-likeness (QED) is 0.733. The van der Waals surface area contributed by atoms with Crippen molar-refractivity contribution in [3.63, 3.8) is 0 Å².